The van der Waals surface area contributed by atoms with Crippen LogP contribution in [0.25, 0.3) is 22.2 Å². The van der Waals surface area contributed by atoms with Crippen LogP contribution in [0.2, 0.25) is 0 Å². The van der Waals surface area contributed by atoms with Gasteiger partial charge in [0.1, 0.15) is 0 Å². The molecule has 1 unspecified atom stereocenters. The fourth-order valence-electron chi connectivity index (χ4n) is 5.28. The number of imidazole rings is 1. The van der Waals surface area contributed by atoms with Crippen molar-refractivity contribution in [2.45, 2.75) is 42.7 Å². The molecule has 7 heterocycles. The maximum atomic E-state index is 13.7. The van der Waals surface area contributed by atoms with E-state index in [-0.39, 0.29) is 22.8 Å². The van der Waals surface area contributed by atoms with Gasteiger partial charge in [0.15, 0.2) is 0 Å². The molecule has 0 radical (unpaired) electrons. The molecule has 0 saturated carbocycles. The van der Waals surface area contributed by atoms with Crippen LogP contribution < -0.4 is 11.5 Å². The second-order valence-electron chi connectivity index (χ2n) is 9.92. The molecular formula is C20H25N9O10P2S2. The Labute approximate surface area is 251 Å². The van der Waals surface area contributed by atoms with E-state index in [9.17, 15) is 19.7 Å². The van der Waals surface area contributed by atoms with E-state index in [4.69, 9.17) is 39.0 Å². The zero-order valence-electron chi connectivity index (χ0n) is 21.6. The Kier molecular flexibility index (Phi) is 7.14. The van der Waals surface area contributed by atoms with Crippen LogP contribution in [0.3, 0.4) is 0 Å². The Morgan fingerprint density at radius 2 is 1.86 bits per heavy atom. The number of ether oxygens (including phenoxy) is 2. The van der Waals surface area contributed by atoms with E-state index in [1.807, 2.05) is 0 Å². The molecule has 232 valence electrons. The molecule has 4 aromatic heterocycles. The number of aliphatic hydroxyl groups is 2. The van der Waals surface area contributed by atoms with Crippen molar-refractivity contribution in [3.8, 4) is 0 Å². The van der Waals surface area contributed by atoms with Crippen LogP contribution in [-0.2, 0) is 37.9 Å². The number of fused-ring (bicyclic) bond motifs is 5. The van der Waals surface area contributed by atoms with Crippen molar-refractivity contribution in [1.82, 2.24) is 34.1 Å². The van der Waals surface area contributed by atoms with Crippen LogP contribution in [0.5, 0.6) is 0 Å². The Hall–Kier alpha value is -2.23. The third-order valence-corrected chi connectivity index (χ3v) is 10.6. The van der Waals surface area contributed by atoms with Crippen molar-refractivity contribution < 1.29 is 47.2 Å². The van der Waals surface area contributed by atoms with Crippen molar-refractivity contribution in [1.29, 1.82) is 0 Å². The summed E-state index contributed by atoms with van der Waals surface area (Å²) in [6, 6.07) is 1.62. The summed E-state index contributed by atoms with van der Waals surface area (Å²) in [6.45, 7) is -5.39. The maximum absolute atomic E-state index is 13.7. The van der Waals surface area contributed by atoms with Gasteiger partial charge in [-0.25, -0.2) is 0 Å². The normalized spacial score (nSPS) is 37.1. The number of anilines is 2. The number of aliphatic hydroxyl groups excluding tert-OH is 1. The first-order chi connectivity index (χ1) is 20.4. The van der Waals surface area contributed by atoms with Gasteiger partial charge < -0.3 is 0 Å². The summed E-state index contributed by atoms with van der Waals surface area (Å²) >= 11 is 8.33. The first kappa shape index (κ1) is 29.5. The number of aromatic nitrogens is 7. The van der Waals surface area contributed by atoms with Gasteiger partial charge in [0.05, 0.1) is 0 Å². The van der Waals surface area contributed by atoms with Crippen LogP contribution in [0.1, 0.15) is 6.23 Å². The Balaban J connectivity index is 1.26. The molecule has 43 heavy (non-hydrogen) atoms. The summed E-state index contributed by atoms with van der Waals surface area (Å²) in [5.41, 5.74) is 10.4. The van der Waals surface area contributed by atoms with Crippen molar-refractivity contribution in [2.24, 2.45) is 0 Å². The fourth-order valence-corrected chi connectivity index (χ4v) is 8.59. The summed E-state index contributed by atoms with van der Waals surface area (Å²) in [4.78, 5) is 31.5. The quantitative estimate of drug-likeness (QED) is 0.108. The first-order valence-electron chi connectivity index (χ1n) is 12.5. The second kappa shape index (κ2) is 10.4. The molecule has 8 atom stereocenters. The van der Waals surface area contributed by atoms with Gasteiger partial charge in [0.25, 0.3) is 0 Å². The molecule has 0 aliphatic carbocycles. The average molecular weight is 678 g/mol. The number of rotatable bonds is 2. The van der Waals surface area contributed by atoms with Gasteiger partial charge in [0.2, 0.25) is 0 Å². The molecule has 3 aliphatic heterocycles. The van der Waals surface area contributed by atoms with E-state index in [2.05, 4.69) is 49.4 Å². The van der Waals surface area contributed by atoms with Gasteiger partial charge >= 0.3 is 252 Å². The molecule has 7 rings (SSSR count). The number of thiol groups is 2. The minimum atomic E-state index is -4.49. The summed E-state index contributed by atoms with van der Waals surface area (Å²) < 4.78 is 50.9. The van der Waals surface area contributed by atoms with E-state index in [0.29, 0.717) is 11.0 Å². The van der Waals surface area contributed by atoms with Crippen LogP contribution >= 0.6 is 38.4 Å². The van der Waals surface area contributed by atoms with Crippen molar-refractivity contribution in [3.05, 3.63) is 31.2 Å². The molecule has 3 aliphatic rings. The van der Waals surface area contributed by atoms with Crippen LogP contribution in [0, 0.1) is 0 Å². The van der Waals surface area contributed by atoms with Gasteiger partial charge in [-0.15, -0.1) is 0 Å². The van der Waals surface area contributed by atoms with Gasteiger partial charge in [-0.05, 0) is 0 Å². The Morgan fingerprint density at radius 1 is 1.12 bits per heavy atom. The zero-order valence-corrected chi connectivity index (χ0v) is 25.3. The van der Waals surface area contributed by atoms with Gasteiger partial charge in [-0.3, -0.25) is 0 Å². The van der Waals surface area contributed by atoms with Crippen LogP contribution in [0.15, 0.2) is 31.2 Å². The Morgan fingerprint density at radius 3 is 2.65 bits per heavy atom. The fraction of sp³-hybridized carbons (Fsp3) is 0.450. The third kappa shape index (κ3) is 4.98. The molecule has 0 spiro atoms. The minimum absolute atomic E-state index is 0.0540. The van der Waals surface area contributed by atoms with Crippen molar-refractivity contribution in [3.63, 3.8) is 0 Å². The molecule has 23 heteroatoms. The molecule has 3 fully saturated rings. The molecule has 7 N–H and O–H groups in total. The number of nitrogens with two attached hydrogens (primary N) is 2. The number of hydrogen-bond donors (Lipinski definition) is 7. The molecule has 4 aromatic rings. The summed E-state index contributed by atoms with van der Waals surface area (Å²) in [6.07, 6.45) is -3.46. The predicted molar refractivity (Wildman–Crippen MR) is 154 cm³/mol. The van der Waals surface area contributed by atoms with Crippen molar-refractivity contribution in [2.75, 3.05) is 24.7 Å². The third-order valence-electron chi connectivity index (χ3n) is 7.28. The van der Waals surface area contributed by atoms with Gasteiger partial charge in [-0.1, -0.05) is 0 Å². The first-order valence-corrected chi connectivity index (χ1v) is 18.3. The summed E-state index contributed by atoms with van der Waals surface area (Å²) in [5, 5.41) is 23.5. The van der Waals surface area contributed by atoms with Crippen molar-refractivity contribution >= 4 is 72.3 Å². The average Bonchev–Trinajstić information content (AvgIpc) is 3.70. The summed E-state index contributed by atoms with van der Waals surface area (Å²) in [7, 11) is -4.39. The van der Waals surface area contributed by atoms with Gasteiger partial charge in [-0.2, -0.15) is 0 Å². The van der Waals surface area contributed by atoms with E-state index in [0.717, 1.165) is 0 Å². The van der Waals surface area contributed by atoms with Gasteiger partial charge in [0, 0.05) is 0 Å². The van der Waals surface area contributed by atoms with E-state index >= 15 is 0 Å². The molecule has 19 nitrogen and oxygen atoms in total. The second-order valence-corrected chi connectivity index (χ2v) is 16.1. The Bertz CT molecular complexity index is 1760. The molecule has 0 amide bonds. The van der Waals surface area contributed by atoms with E-state index in [1.165, 1.54) is 28.1 Å². The monoisotopic (exact) mass is 677 g/mol. The predicted octanol–water partition coefficient (Wildman–Crippen LogP) is -0.118. The molecule has 0 aromatic carbocycles. The number of nitrogens with zero attached hydrogens (tertiary/aromatic N) is 7. The van der Waals surface area contributed by atoms with E-state index < -0.39 is 69.8 Å². The van der Waals surface area contributed by atoms with E-state index in [1.54, 1.807) is 12.3 Å². The molecule has 3 saturated heterocycles. The summed E-state index contributed by atoms with van der Waals surface area (Å²) in [5.74, 6) is 0.243. The number of hydrogen-bond acceptors (Lipinski definition) is 18. The van der Waals surface area contributed by atoms with Crippen LogP contribution in [-0.4, -0.2) is 93.1 Å². The topological polar surface area (TPSA) is 259 Å². The standard InChI is InChI=1S/C20H25N9O10P2S2/c21-14-8-1-2-28(16(8)25-5-23-14)18-12-11(30)19(36-18)39-41(33,43)38-13-9(3-35-40(32,42)37-12)34-4-20(13,31)29-7-27-10-15(22)24-6-26-17(10)29/h1-2,5-7,9,11-13,18-19,30-32,40,42H,3-4H2,(H,33,43)(H2,21,23,25)(H2,22,24,26)/t9-,11+,12-,13-,18-,19-,20-,41?/m1/s1. The SMILES string of the molecule is Nc1ncnc2c1ccn2[C@@H]1O[C@@H]2OP(=O)(S)O[C@@H]3[C@@H](CO[PH](O)(S)O[C@@H]1[C@@H]2O)OC[C@]3(O)n1cnc2c(N)ncnc21. The van der Waals surface area contributed by atoms with Crippen LogP contribution in [0.4, 0.5) is 11.6 Å². The molecular weight excluding hydrogens is 652 g/mol. The molecule has 2 bridgehead atoms. The zero-order chi connectivity index (χ0) is 30.3. The number of nitrogen functional groups attached to an aromatic ring is 2.